The van der Waals surface area contributed by atoms with Gasteiger partial charge in [-0.1, -0.05) is 148 Å². The summed E-state index contributed by atoms with van der Waals surface area (Å²) in [6.07, 6.45) is 24.2. The highest BCUT2D eigenvalue weighted by Crippen LogP contribution is 2.59. The Hall–Kier alpha value is -8.76. The van der Waals surface area contributed by atoms with Crippen LogP contribution in [0.2, 0.25) is 0 Å². The fraction of sp³-hybridized carbons (Fsp3) is 0.275. The number of nitro groups is 2. The van der Waals surface area contributed by atoms with Crippen molar-refractivity contribution in [1.29, 1.82) is 0 Å². The predicted octanol–water partition coefficient (Wildman–Crippen LogP) is 18.7. The molecule has 0 saturated heterocycles. The molecule has 2 fully saturated rings. The van der Waals surface area contributed by atoms with Crippen LogP contribution in [-0.2, 0) is 55.0 Å². The normalized spacial score (nSPS) is 18.9. The minimum absolute atomic E-state index is 0.0792. The van der Waals surface area contributed by atoms with E-state index in [2.05, 4.69) is 226 Å². The Morgan fingerprint density at radius 2 is 0.840 bits per heavy atom. The van der Waals surface area contributed by atoms with Crippen molar-refractivity contribution >= 4 is 130 Å². The summed E-state index contributed by atoms with van der Waals surface area (Å²) < 4.78 is 72.2. The molecule has 2 saturated carbocycles. The number of halogens is 2. The first-order valence-corrected chi connectivity index (χ1v) is 38.1. The molecule has 4 heterocycles. The van der Waals surface area contributed by atoms with Crippen molar-refractivity contribution in [2.45, 2.75) is 136 Å². The topological polar surface area (TPSA) is 213 Å². The molecule has 0 amide bonds. The molecular formula is C80H74Br2N6O10S2. The lowest BCUT2D eigenvalue weighted by atomic mass is 9.68. The Morgan fingerprint density at radius 3 is 1.20 bits per heavy atom. The van der Waals surface area contributed by atoms with Gasteiger partial charge in [0, 0.05) is 117 Å². The van der Waals surface area contributed by atoms with Crippen molar-refractivity contribution in [2.75, 3.05) is 23.9 Å². The first-order chi connectivity index (χ1) is 47.7. The van der Waals surface area contributed by atoms with Crippen LogP contribution in [0.25, 0.3) is 32.3 Å². The number of anilines is 2. The highest BCUT2D eigenvalue weighted by Gasteiger charge is 2.51. The molecule has 510 valence electrons. The summed E-state index contributed by atoms with van der Waals surface area (Å²) in [7, 11) is -5.25. The van der Waals surface area contributed by atoms with Crippen molar-refractivity contribution in [3.63, 3.8) is 0 Å². The lowest BCUT2D eigenvalue weighted by Gasteiger charge is -2.36. The molecule has 0 radical (unpaired) electrons. The molecule has 2 aliphatic carbocycles. The zero-order valence-electron chi connectivity index (χ0n) is 56.3. The Morgan fingerprint density at radius 1 is 0.480 bits per heavy atom. The number of hydrogen-bond acceptors (Lipinski definition) is 12. The first kappa shape index (κ1) is 68.4. The summed E-state index contributed by atoms with van der Waals surface area (Å²) in [5.74, 6) is 0. The van der Waals surface area contributed by atoms with Gasteiger partial charge in [-0.25, -0.2) is 16.8 Å². The molecule has 20 heteroatoms. The van der Waals surface area contributed by atoms with E-state index in [1.54, 1.807) is 0 Å². The molecule has 6 aliphatic rings. The molecule has 0 aromatic heterocycles. The van der Waals surface area contributed by atoms with Crippen LogP contribution in [0.3, 0.4) is 0 Å². The van der Waals surface area contributed by atoms with Crippen molar-refractivity contribution in [3.8, 4) is 0 Å². The Kier molecular flexibility index (Phi) is 17.6. The summed E-state index contributed by atoms with van der Waals surface area (Å²) in [5.41, 5.74) is 15.5. The third kappa shape index (κ3) is 11.6. The number of nitrogens with zero attached hydrogens (tertiary/aromatic N) is 6. The Bertz CT molecular complexity index is 5080. The van der Waals surface area contributed by atoms with E-state index < -0.39 is 30.0 Å². The lowest BCUT2D eigenvalue weighted by Crippen LogP contribution is -2.32. The van der Waals surface area contributed by atoms with E-state index >= 15 is 0 Å². The van der Waals surface area contributed by atoms with Crippen LogP contribution in [0.5, 0.6) is 0 Å². The minimum Gasteiger partial charge on any atom is -0.744 e. The van der Waals surface area contributed by atoms with Gasteiger partial charge < -0.3 is 18.9 Å². The van der Waals surface area contributed by atoms with Gasteiger partial charge in [-0.15, -0.1) is 0 Å². The Balaban J connectivity index is 0.000000411. The van der Waals surface area contributed by atoms with Gasteiger partial charge in [0.05, 0.1) is 39.4 Å². The van der Waals surface area contributed by atoms with Crippen LogP contribution >= 0.6 is 31.9 Å². The number of nitro benzene ring substituents is 2. The number of hydrogen-bond donors (Lipinski definition) is 0. The zero-order valence-corrected chi connectivity index (χ0v) is 61.1. The summed E-state index contributed by atoms with van der Waals surface area (Å²) in [5, 5.41) is 29.3. The van der Waals surface area contributed by atoms with Gasteiger partial charge in [0.15, 0.2) is 24.5 Å². The van der Waals surface area contributed by atoms with Gasteiger partial charge in [-0.2, -0.15) is 9.15 Å². The smallest absolute Gasteiger partial charge is 0.283 e. The summed E-state index contributed by atoms with van der Waals surface area (Å²) in [6.45, 7) is 10.8. The second kappa shape index (κ2) is 25.7. The van der Waals surface area contributed by atoms with E-state index in [-0.39, 0.29) is 53.7 Å². The molecule has 4 aliphatic heterocycles. The second-order valence-corrected chi connectivity index (χ2v) is 32.7. The zero-order chi connectivity index (χ0) is 70.6. The number of likely N-dealkylation sites (N-methyl/N-ethyl adjacent to an activating group) is 2. The van der Waals surface area contributed by atoms with E-state index in [0.29, 0.717) is 22.0 Å². The lowest BCUT2D eigenvalue weighted by molar-refractivity contribution is -0.455. The highest BCUT2D eigenvalue weighted by molar-refractivity contribution is 9.11. The van der Waals surface area contributed by atoms with Crippen LogP contribution in [-0.4, -0.2) is 70.5 Å². The standard InChI is InChI=1S/C70H68Br2N6O4.C10H8O6S2/c1-67(2)61(23-17-25-63-69(35-13-7-14-36-69)51-39-59(77(79)80)53(71)41-57(51)73(63)5)75(55-33-31-47-19-9-11-21-49(47)65(55)67)43-45-27-29-46(30-28-45)44-76-56-34-32-48-20-10-12-22-50(48)66(56)68(3,4)62(76)24-18-26-64-70(37-15-8-16-38-70)52-40-60(78(81)82)54(72)42-58(52)74(64)6;11-17(12,13)9-5-1-3-7-8(9)4-2-6-10(7)18(14,15)16/h9-12,17-34,39-42H,7-8,13-16,35-38,43-44H2,1-6H3;1-6H,(H,11,12,13)(H,14,15,16)/q+2;/p-2. The average Bonchev–Trinajstić information content (AvgIpc) is 1.59. The van der Waals surface area contributed by atoms with Crippen molar-refractivity contribution in [2.24, 2.45) is 0 Å². The van der Waals surface area contributed by atoms with E-state index in [4.69, 9.17) is 0 Å². The molecule has 16 nitrogen and oxygen atoms in total. The monoisotopic (exact) mass is 1500 g/mol. The molecule has 0 N–H and O–H groups in total. The summed E-state index contributed by atoms with van der Waals surface area (Å²) in [6, 6.07) is 50.5. The fourth-order valence-corrected chi connectivity index (χ4v) is 19.8. The van der Waals surface area contributed by atoms with Crippen LogP contribution < -0.4 is 9.80 Å². The van der Waals surface area contributed by atoms with Gasteiger partial charge in [0.25, 0.3) is 11.4 Å². The van der Waals surface area contributed by atoms with Gasteiger partial charge in [0.2, 0.25) is 11.4 Å². The van der Waals surface area contributed by atoms with Crippen molar-refractivity contribution in [3.05, 3.63) is 268 Å². The van der Waals surface area contributed by atoms with Gasteiger partial charge in [0.1, 0.15) is 20.2 Å². The third-order valence-electron chi connectivity index (χ3n) is 22.0. The largest absolute Gasteiger partial charge is 0.744 e. The van der Waals surface area contributed by atoms with Crippen LogP contribution in [0.4, 0.5) is 34.1 Å². The van der Waals surface area contributed by atoms with Crippen molar-refractivity contribution in [1.82, 2.24) is 0 Å². The van der Waals surface area contributed by atoms with E-state index in [9.17, 15) is 46.2 Å². The maximum atomic E-state index is 12.2. The van der Waals surface area contributed by atoms with Gasteiger partial charge >= 0.3 is 0 Å². The molecule has 2 spiro atoms. The van der Waals surface area contributed by atoms with E-state index in [0.717, 1.165) is 86.0 Å². The highest BCUT2D eigenvalue weighted by atomic mass is 79.9. The third-order valence-corrected chi connectivity index (χ3v) is 25.1. The van der Waals surface area contributed by atoms with Gasteiger partial charge in [-0.05, 0) is 166 Å². The van der Waals surface area contributed by atoms with E-state index in [1.165, 1.54) is 115 Å². The number of rotatable bonds is 12. The SMILES string of the molecule is CN1/C(=C/C=C/C2=[N+](Cc3ccc(C[N+]4=C(/C=C/C=C5/N(C)c6cc(Br)c([N+](=O)[O-])cc6C56CCCCC6)C(C)(C)c5c4ccc4ccccc54)cc3)c3ccc4ccccc4c3C2(C)C)C2(CCCCC2)c2cc([N+](=O)[O-])c(Br)cc21.O=S(=O)([O-])c1cccc2c(S(=O)(=O)[O-])cccc12. The first-order valence-electron chi connectivity index (χ1n) is 33.7. The number of allylic oxidation sites excluding steroid dienone is 8. The number of benzene rings is 9. The molecular weight excluding hydrogens is 1430 g/mol. The molecule has 0 atom stereocenters. The quantitative estimate of drug-likeness (QED) is 0.0483. The number of fused-ring (bicyclic) bond motifs is 11. The van der Waals surface area contributed by atoms with Gasteiger partial charge in [-0.3, -0.25) is 20.2 Å². The minimum atomic E-state index is -4.74. The van der Waals surface area contributed by atoms with Crippen molar-refractivity contribution < 1.29 is 44.9 Å². The second-order valence-electron chi connectivity index (χ2n) is 28.3. The molecule has 0 bridgehead atoms. The average molecular weight is 1500 g/mol. The van der Waals surface area contributed by atoms with E-state index in [1.807, 2.05) is 24.3 Å². The fourth-order valence-electron chi connectivity index (χ4n) is 17.5. The summed E-state index contributed by atoms with van der Waals surface area (Å²) in [4.78, 5) is 27.4. The molecule has 100 heavy (non-hydrogen) atoms. The molecule has 15 rings (SSSR count). The molecule has 0 unspecified atom stereocenters. The molecule has 9 aromatic carbocycles. The summed E-state index contributed by atoms with van der Waals surface area (Å²) >= 11 is 7.07. The Labute approximate surface area is 599 Å². The predicted molar refractivity (Wildman–Crippen MR) is 400 cm³/mol. The molecule has 9 aromatic rings. The maximum Gasteiger partial charge on any atom is 0.283 e. The van der Waals surface area contributed by atoms with Crippen LogP contribution in [0.1, 0.15) is 125 Å². The maximum absolute atomic E-state index is 12.2. The van der Waals surface area contributed by atoms with Crippen LogP contribution in [0, 0.1) is 20.2 Å². The van der Waals surface area contributed by atoms with Crippen LogP contribution in [0.15, 0.2) is 224 Å².